The van der Waals surface area contributed by atoms with Gasteiger partial charge in [0.05, 0.1) is 28.1 Å². The fraction of sp³-hybridized carbons (Fsp3) is 0. The summed E-state index contributed by atoms with van der Waals surface area (Å²) in [5.74, 6) is 0. The molecule has 0 saturated carbocycles. The molecular formula is C58H38N2O. The van der Waals surface area contributed by atoms with Crippen molar-refractivity contribution in [3.8, 4) is 39.1 Å². The molecule has 0 aliphatic carbocycles. The van der Waals surface area contributed by atoms with Crippen molar-refractivity contribution in [2.45, 2.75) is 0 Å². The number of aromatic nitrogens is 1. The maximum absolute atomic E-state index is 6.44. The quantitative estimate of drug-likeness (QED) is 0.161. The lowest BCUT2D eigenvalue weighted by atomic mass is 9.95. The van der Waals surface area contributed by atoms with Gasteiger partial charge >= 0.3 is 0 Å². The lowest BCUT2D eigenvalue weighted by Crippen LogP contribution is -2.14. The van der Waals surface area contributed by atoms with E-state index in [1.165, 1.54) is 43.7 Å². The van der Waals surface area contributed by atoms with Crippen LogP contribution >= 0.6 is 0 Å². The molecule has 0 unspecified atom stereocenters. The molecule has 0 saturated heterocycles. The third-order valence-electron chi connectivity index (χ3n) is 12.2. The normalized spacial score (nSPS) is 11.6. The van der Waals surface area contributed by atoms with Crippen molar-refractivity contribution in [1.82, 2.24) is 4.57 Å². The highest BCUT2D eigenvalue weighted by Crippen LogP contribution is 2.47. The van der Waals surface area contributed by atoms with Crippen molar-refractivity contribution in [2.75, 3.05) is 4.90 Å². The van der Waals surface area contributed by atoms with Crippen LogP contribution in [0.25, 0.3) is 93.6 Å². The van der Waals surface area contributed by atoms with E-state index in [0.717, 1.165) is 66.9 Å². The summed E-state index contributed by atoms with van der Waals surface area (Å²) in [6.07, 6.45) is 0. The standard InChI is InChI=1S/C58H38N2O/c1-2-20-44-40(16-1)17-14-25-45(44)41-36-34-39(35-37-41)42-18-13-19-43(38-42)59(51-27-7-5-23-48(51)49-26-15-33-57-58(49)50-24-6-12-32-56(50)61-57)54-30-10-11-31-55(54)60-52-28-8-3-21-46(52)47-22-4-9-29-53(47)60/h1-38H. The fourth-order valence-corrected chi connectivity index (χ4v) is 9.47. The topological polar surface area (TPSA) is 21.3 Å². The molecule has 0 bridgehead atoms. The molecule has 0 atom stereocenters. The van der Waals surface area contributed by atoms with Gasteiger partial charge in [0.2, 0.25) is 0 Å². The summed E-state index contributed by atoms with van der Waals surface area (Å²) in [6, 6.07) is 83.0. The number of para-hydroxylation sites is 6. The largest absolute Gasteiger partial charge is 0.456 e. The van der Waals surface area contributed by atoms with Crippen molar-refractivity contribution >= 4 is 71.6 Å². The first-order valence-corrected chi connectivity index (χ1v) is 20.8. The molecule has 10 aromatic carbocycles. The van der Waals surface area contributed by atoms with Crippen LogP contribution in [0.3, 0.4) is 0 Å². The molecular weight excluding hydrogens is 741 g/mol. The minimum Gasteiger partial charge on any atom is -0.456 e. The number of anilines is 3. The SMILES string of the molecule is c1cc(-c2ccc(-c3cccc4ccccc34)cc2)cc(N(c2ccccc2-c2cccc3oc4ccccc4c23)c2ccccc2-n2c3ccccc3c3ccccc32)c1. The molecule has 2 heterocycles. The summed E-state index contributed by atoms with van der Waals surface area (Å²) >= 11 is 0. The molecule has 12 rings (SSSR count). The average Bonchev–Trinajstić information content (AvgIpc) is 3.88. The van der Waals surface area contributed by atoms with Crippen molar-refractivity contribution in [3.63, 3.8) is 0 Å². The number of rotatable bonds is 7. The van der Waals surface area contributed by atoms with Crippen molar-refractivity contribution in [2.24, 2.45) is 0 Å². The van der Waals surface area contributed by atoms with Crippen LogP contribution in [0.15, 0.2) is 235 Å². The Morgan fingerprint density at radius 2 is 0.902 bits per heavy atom. The van der Waals surface area contributed by atoms with Crippen molar-refractivity contribution < 1.29 is 4.42 Å². The maximum Gasteiger partial charge on any atom is 0.136 e. The third kappa shape index (κ3) is 5.74. The van der Waals surface area contributed by atoms with Gasteiger partial charge in [-0.1, -0.05) is 176 Å². The molecule has 0 radical (unpaired) electrons. The molecule has 3 heteroatoms. The number of hydrogen-bond donors (Lipinski definition) is 0. The van der Waals surface area contributed by atoms with Gasteiger partial charge in [-0.25, -0.2) is 0 Å². The summed E-state index contributed by atoms with van der Waals surface area (Å²) in [6.45, 7) is 0. The molecule has 61 heavy (non-hydrogen) atoms. The second kappa shape index (κ2) is 14.3. The molecule has 286 valence electrons. The van der Waals surface area contributed by atoms with Crippen molar-refractivity contribution in [1.29, 1.82) is 0 Å². The molecule has 0 aliphatic heterocycles. The Morgan fingerprint density at radius 3 is 1.72 bits per heavy atom. The van der Waals surface area contributed by atoms with Gasteiger partial charge in [-0.05, 0) is 93.2 Å². The molecule has 0 amide bonds. The zero-order valence-electron chi connectivity index (χ0n) is 33.2. The summed E-state index contributed by atoms with van der Waals surface area (Å²) in [7, 11) is 0. The maximum atomic E-state index is 6.44. The highest BCUT2D eigenvalue weighted by Gasteiger charge is 2.24. The van der Waals surface area contributed by atoms with E-state index < -0.39 is 0 Å². The minimum absolute atomic E-state index is 0.875. The number of fused-ring (bicyclic) bond motifs is 7. The summed E-state index contributed by atoms with van der Waals surface area (Å²) in [5.41, 5.74) is 15.3. The second-order valence-electron chi connectivity index (χ2n) is 15.6. The highest BCUT2D eigenvalue weighted by atomic mass is 16.3. The molecule has 0 aliphatic rings. The third-order valence-corrected chi connectivity index (χ3v) is 12.2. The Labute approximate surface area is 353 Å². The van der Waals surface area contributed by atoms with Gasteiger partial charge in [0, 0.05) is 32.8 Å². The van der Waals surface area contributed by atoms with E-state index in [0.29, 0.717) is 0 Å². The van der Waals surface area contributed by atoms with Crippen molar-refractivity contribution in [3.05, 3.63) is 231 Å². The minimum atomic E-state index is 0.875. The van der Waals surface area contributed by atoms with E-state index in [-0.39, 0.29) is 0 Å². The van der Waals surface area contributed by atoms with E-state index in [1.807, 2.05) is 6.07 Å². The van der Waals surface area contributed by atoms with Crippen LogP contribution in [0.5, 0.6) is 0 Å². The molecule has 12 aromatic rings. The zero-order valence-corrected chi connectivity index (χ0v) is 33.2. The molecule has 3 nitrogen and oxygen atoms in total. The lowest BCUT2D eigenvalue weighted by Gasteiger charge is -2.30. The van der Waals surface area contributed by atoms with Crippen LogP contribution in [0, 0.1) is 0 Å². The van der Waals surface area contributed by atoms with Gasteiger partial charge < -0.3 is 13.9 Å². The second-order valence-corrected chi connectivity index (χ2v) is 15.6. The van der Waals surface area contributed by atoms with Crippen LogP contribution in [-0.4, -0.2) is 4.57 Å². The van der Waals surface area contributed by atoms with Crippen LogP contribution in [-0.2, 0) is 0 Å². The summed E-state index contributed by atoms with van der Waals surface area (Å²) < 4.78 is 8.87. The Hall–Kier alpha value is -8.14. The van der Waals surface area contributed by atoms with E-state index >= 15 is 0 Å². The Balaban J connectivity index is 1.08. The van der Waals surface area contributed by atoms with E-state index in [1.54, 1.807) is 0 Å². The number of furan rings is 1. The molecule has 0 fully saturated rings. The Kier molecular flexibility index (Phi) is 8.17. The summed E-state index contributed by atoms with van der Waals surface area (Å²) in [5, 5.41) is 7.18. The molecule has 0 N–H and O–H groups in total. The summed E-state index contributed by atoms with van der Waals surface area (Å²) in [4.78, 5) is 2.45. The van der Waals surface area contributed by atoms with Gasteiger partial charge in [0.25, 0.3) is 0 Å². The molecule has 2 aromatic heterocycles. The monoisotopic (exact) mass is 778 g/mol. The number of benzene rings is 10. The highest BCUT2D eigenvalue weighted by molar-refractivity contribution is 6.14. The number of nitrogens with zero attached hydrogens (tertiary/aromatic N) is 2. The van der Waals surface area contributed by atoms with E-state index in [2.05, 4.69) is 234 Å². The number of hydrogen-bond acceptors (Lipinski definition) is 2. The van der Waals surface area contributed by atoms with Gasteiger partial charge in [-0.2, -0.15) is 0 Å². The lowest BCUT2D eigenvalue weighted by molar-refractivity contribution is 0.669. The molecule has 0 spiro atoms. The van der Waals surface area contributed by atoms with Crippen LogP contribution in [0.1, 0.15) is 0 Å². The predicted molar refractivity (Wildman–Crippen MR) is 257 cm³/mol. The van der Waals surface area contributed by atoms with Gasteiger partial charge in [0.1, 0.15) is 11.2 Å². The smallest absolute Gasteiger partial charge is 0.136 e. The van der Waals surface area contributed by atoms with Gasteiger partial charge in [0.15, 0.2) is 0 Å². The Morgan fingerprint density at radius 1 is 0.344 bits per heavy atom. The predicted octanol–water partition coefficient (Wildman–Crippen LogP) is 16.3. The van der Waals surface area contributed by atoms with E-state index in [4.69, 9.17) is 4.42 Å². The first-order valence-electron chi connectivity index (χ1n) is 20.8. The first kappa shape index (κ1) is 34.9. The fourth-order valence-electron chi connectivity index (χ4n) is 9.47. The van der Waals surface area contributed by atoms with Gasteiger partial charge in [-0.15, -0.1) is 0 Å². The zero-order chi connectivity index (χ0) is 40.3. The Bertz CT molecular complexity index is 3550. The van der Waals surface area contributed by atoms with E-state index in [9.17, 15) is 0 Å². The average molecular weight is 779 g/mol. The van der Waals surface area contributed by atoms with Gasteiger partial charge in [-0.3, -0.25) is 0 Å². The first-order chi connectivity index (χ1) is 30.3. The van der Waals surface area contributed by atoms with Crippen LogP contribution < -0.4 is 4.90 Å². The van der Waals surface area contributed by atoms with Crippen LogP contribution in [0.4, 0.5) is 17.1 Å². The van der Waals surface area contributed by atoms with Crippen LogP contribution in [0.2, 0.25) is 0 Å².